The van der Waals surface area contributed by atoms with E-state index >= 15 is 0 Å². The van der Waals surface area contributed by atoms with Gasteiger partial charge in [0.25, 0.3) is 5.91 Å². The second-order valence-corrected chi connectivity index (χ2v) is 9.78. The van der Waals surface area contributed by atoms with E-state index in [4.69, 9.17) is 0 Å². The number of pyridine rings is 1. The number of nitrogens with one attached hydrogen (secondary N) is 1. The van der Waals surface area contributed by atoms with Gasteiger partial charge in [0.2, 0.25) is 5.91 Å². The number of rotatable bonds is 5. The Labute approximate surface area is 217 Å². The first kappa shape index (κ1) is 24.5. The number of likely N-dealkylation sites (N-methyl/N-ethyl adjacent to an activating group) is 1. The van der Waals surface area contributed by atoms with Crippen LogP contribution in [-0.4, -0.2) is 78.3 Å². The van der Waals surface area contributed by atoms with Gasteiger partial charge in [-0.2, -0.15) is 0 Å². The van der Waals surface area contributed by atoms with E-state index in [9.17, 15) is 9.59 Å². The molecule has 2 aromatic carbocycles. The quantitative estimate of drug-likeness (QED) is 0.451. The van der Waals surface area contributed by atoms with Crippen molar-refractivity contribution in [1.29, 1.82) is 0 Å². The molecule has 1 saturated heterocycles. The molecule has 0 atom stereocenters. The van der Waals surface area contributed by atoms with E-state index < -0.39 is 0 Å². The standard InChI is InChI=1S/C29H32N6O2/c1-20(36)31-26-17-24(21-8-10-25(11-9-21)34-14-12-33(4)13-15-34)19-35-27(18-30-28(26)35)22-6-5-7-23(16-22)29(37)32(2)3/h5-11,16-19H,12-15H2,1-4H3,(H,31,36). The van der Waals surface area contributed by atoms with Crippen LogP contribution in [0.3, 0.4) is 0 Å². The first-order valence-corrected chi connectivity index (χ1v) is 12.4. The van der Waals surface area contributed by atoms with Gasteiger partial charge in [0.15, 0.2) is 5.65 Å². The Morgan fingerprint density at radius 2 is 1.65 bits per heavy atom. The normalized spacial score (nSPS) is 14.1. The van der Waals surface area contributed by atoms with Crippen molar-refractivity contribution in [2.24, 2.45) is 0 Å². The van der Waals surface area contributed by atoms with E-state index in [0.717, 1.165) is 48.6 Å². The summed E-state index contributed by atoms with van der Waals surface area (Å²) in [6, 6.07) is 18.1. The Balaban J connectivity index is 1.56. The molecule has 4 aromatic rings. The number of piperazine rings is 1. The predicted molar refractivity (Wildman–Crippen MR) is 148 cm³/mol. The minimum Gasteiger partial charge on any atom is -0.369 e. The van der Waals surface area contributed by atoms with Crippen LogP contribution in [0.5, 0.6) is 0 Å². The Bertz CT molecular complexity index is 1450. The number of amides is 2. The van der Waals surface area contributed by atoms with Gasteiger partial charge >= 0.3 is 0 Å². The van der Waals surface area contributed by atoms with Crippen LogP contribution < -0.4 is 10.2 Å². The number of anilines is 2. The summed E-state index contributed by atoms with van der Waals surface area (Å²) in [6.45, 7) is 5.64. The van der Waals surface area contributed by atoms with Crippen LogP contribution in [0.15, 0.2) is 67.0 Å². The van der Waals surface area contributed by atoms with E-state index in [0.29, 0.717) is 16.9 Å². The molecule has 2 amide bonds. The van der Waals surface area contributed by atoms with Crippen molar-refractivity contribution in [3.63, 3.8) is 0 Å². The summed E-state index contributed by atoms with van der Waals surface area (Å²) in [6.07, 6.45) is 3.81. The molecule has 1 aliphatic heterocycles. The minimum absolute atomic E-state index is 0.0595. The molecule has 2 aromatic heterocycles. The number of carbonyl (C=O) groups excluding carboxylic acids is 2. The molecule has 1 fully saturated rings. The second kappa shape index (κ2) is 10.1. The number of carbonyl (C=O) groups is 2. The molecule has 37 heavy (non-hydrogen) atoms. The lowest BCUT2D eigenvalue weighted by Crippen LogP contribution is -2.44. The van der Waals surface area contributed by atoms with Crippen molar-refractivity contribution in [2.75, 3.05) is 57.5 Å². The van der Waals surface area contributed by atoms with Crippen molar-refractivity contribution in [3.8, 4) is 22.4 Å². The molecule has 0 aliphatic carbocycles. The molecule has 8 nitrogen and oxygen atoms in total. The number of fused-ring (bicyclic) bond motifs is 1. The number of hydrogen-bond acceptors (Lipinski definition) is 5. The summed E-state index contributed by atoms with van der Waals surface area (Å²) in [7, 11) is 5.64. The number of aromatic nitrogens is 2. The highest BCUT2D eigenvalue weighted by molar-refractivity contribution is 5.96. The van der Waals surface area contributed by atoms with Gasteiger partial charge in [0, 0.05) is 75.8 Å². The van der Waals surface area contributed by atoms with Crippen LogP contribution in [0.25, 0.3) is 28.0 Å². The van der Waals surface area contributed by atoms with Gasteiger partial charge in [0.1, 0.15) is 0 Å². The Morgan fingerprint density at radius 3 is 2.32 bits per heavy atom. The lowest BCUT2D eigenvalue weighted by atomic mass is 10.1. The molecular weight excluding hydrogens is 464 g/mol. The van der Waals surface area contributed by atoms with Crippen LogP contribution in [0.1, 0.15) is 17.3 Å². The van der Waals surface area contributed by atoms with Crippen molar-refractivity contribution in [3.05, 3.63) is 72.6 Å². The third-order valence-electron chi connectivity index (χ3n) is 6.80. The topological polar surface area (TPSA) is 73.2 Å². The monoisotopic (exact) mass is 496 g/mol. The van der Waals surface area contributed by atoms with Crippen molar-refractivity contribution in [2.45, 2.75) is 6.92 Å². The van der Waals surface area contributed by atoms with Gasteiger partial charge in [0.05, 0.1) is 17.6 Å². The van der Waals surface area contributed by atoms with Crippen molar-refractivity contribution in [1.82, 2.24) is 19.2 Å². The average Bonchev–Trinajstić information content (AvgIpc) is 3.33. The molecule has 5 rings (SSSR count). The summed E-state index contributed by atoms with van der Waals surface area (Å²) in [5, 5.41) is 2.94. The van der Waals surface area contributed by atoms with Gasteiger partial charge in [-0.25, -0.2) is 4.98 Å². The SMILES string of the molecule is CC(=O)Nc1cc(-c2ccc(N3CCN(C)CC3)cc2)cn2c(-c3cccc(C(=O)N(C)C)c3)cnc12. The average molecular weight is 497 g/mol. The highest BCUT2D eigenvalue weighted by Gasteiger charge is 2.17. The van der Waals surface area contributed by atoms with E-state index in [1.165, 1.54) is 12.6 Å². The zero-order chi connectivity index (χ0) is 26.1. The van der Waals surface area contributed by atoms with Gasteiger partial charge in [-0.3, -0.25) is 14.0 Å². The molecule has 3 heterocycles. The molecule has 8 heteroatoms. The highest BCUT2D eigenvalue weighted by atomic mass is 16.2. The Morgan fingerprint density at radius 1 is 0.919 bits per heavy atom. The molecule has 1 aliphatic rings. The van der Waals surface area contributed by atoms with Crippen LogP contribution >= 0.6 is 0 Å². The third kappa shape index (κ3) is 5.06. The molecule has 0 saturated carbocycles. The lowest BCUT2D eigenvalue weighted by Gasteiger charge is -2.34. The number of imidazole rings is 1. The van der Waals surface area contributed by atoms with E-state index in [-0.39, 0.29) is 11.8 Å². The lowest BCUT2D eigenvalue weighted by molar-refractivity contribution is -0.114. The van der Waals surface area contributed by atoms with Crippen LogP contribution in [-0.2, 0) is 4.79 Å². The smallest absolute Gasteiger partial charge is 0.253 e. The van der Waals surface area contributed by atoms with E-state index in [1.807, 2.05) is 40.9 Å². The fraction of sp³-hybridized carbons (Fsp3) is 0.276. The van der Waals surface area contributed by atoms with Gasteiger partial charge < -0.3 is 20.0 Å². The summed E-state index contributed by atoms with van der Waals surface area (Å²) >= 11 is 0. The van der Waals surface area contributed by atoms with Crippen molar-refractivity contribution >= 4 is 28.8 Å². The molecule has 0 bridgehead atoms. The Hall–Kier alpha value is -4.17. The number of benzene rings is 2. The minimum atomic E-state index is -0.160. The zero-order valence-corrected chi connectivity index (χ0v) is 21.7. The maximum absolute atomic E-state index is 12.6. The first-order valence-electron chi connectivity index (χ1n) is 12.4. The summed E-state index contributed by atoms with van der Waals surface area (Å²) in [5.74, 6) is -0.219. The molecule has 0 spiro atoms. The van der Waals surface area contributed by atoms with E-state index in [2.05, 4.69) is 51.4 Å². The fourth-order valence-corrected chi connectivity index (χ4v) is 4.74. The number of hydrogen-bond donors (Lipinski definition) is 1. The maximum atomic E-state index is 12.6. The van der Waals surface area contributed by atoms with Crippen LogP contribution in [0.4, 0.5) is 11.4 Å². The molecule has 0 unspecified atom stereocenters. The molecular formula is C29H32N6O2. The van der Waals surface area contributed by atoms with Gasteiger partial charge in [-0.15, -0.1) is 0 Å². The molecule has 190 valence electrons. The largest absolute Gasteiger partial charge is 0.369 e. The summed E-state index contributed by atoms with van der Waals surface area (Å²) < 4.78 is 1.98. The van der Waals surface area contributed by atoms with Gasteiger partial charge in [-0.05, 0) is 42.9 Å². The zero-order valence-electron chi connectivity index (χ0n) is 21.7. The number of nitrogens with zero attached hydrogens (tertiary/aromatic N) is 5. The van der Waals surface area contributed by atoms with E-state index in [1.54, 1.807) is 25.2 Å². The summed E-state index contributed by atoms with van der Waals surface area (Å²) in [4.78, 5) is 35.5. The van der Waals surface area contributed by atoms with Gasteiger partial charge in [-0.1, -0.05) is 24.3 Å². The fourth-order valence-electron chi connectivity index (χ4n) is 4.74. The van der Waals surface area contributed by atoms with Crippen LogP contribution in [0.2, 0.25) is 0 Å². The predicted octanol–water partition coefficient (Wildman–Crippen LogP) is 4.08. The highest BCUT2D eigenvalue weighted by Crippen LogP contribution is 2.31. The molecule has 1 N–H and O–H groups in total. The first-order chi connectivity index (χ1) is 17.8. The molecule has 0 radical (unpaired) electrons. The van der Waals surface area contributed by atoms with Crippen molar-refractivity contribution < 1.29 is 9.59 Å². The maximum Gasteiger partial charge on any atom is 0.253 e. The third-order valence-corrected chi connectivity index (χ3v) is 6.80. The Kier molecular flexibility index (Phi) is 6.67. The summed E-state index contributed by atoms with van der Waals surface area (Å²) in [5.41, 5.74) is 6.82. The van der Waals surface area contributed by atoms with Crippen LogP contribution in [0, 0.1) is 0 Å². The second-order valence-electron chi connectivity index (χ2n) is 9.78.